The summed E-state index contributed by atoms with van der Waals surface area (Å²) < 4.78 is 20.0. The van der Waals surface area contributed by atoms with Gasteiger partial charge in [0, 0.05) is 19.0 Å². The second-order valence-electron chi connectivity index (χ2n) is 9.06. The Bertz CT molecular complexity index is 1160. The first kappa shape index (κ1) is 19.9. The highest BCUT2D eigenvalue weighted by Gasteiger charge is 2.48. The number of hydrogen-bond acceptors (Lipinski definition) is 5. The number of benzene rings is 2. The summed E-state index contributed by atoms with van der Waals surface area (Å²) in [5.41, 5.74) is 2.19. The number of fused-ring (bicyclic) bond motifs is 1. The second kappa shape index (κ2) is 6.99. The van der Waals surface area contributed by atoms with Crippen molar-refractivity contribution in [3.63, 3.8) is 0 Å². The largest absolute Gasteiger partial charge is 0.421 e. The molecular weight excluding hydrogens is 397 g/mol. The smallest absolute Gasteiger partial charge is 0.255 e. The first-order chi connectivity index (χ1) is 14.7. The zero-order valence-electron chi connectivity index (χ0n) is 17.7. The van der Waals surface area contributed by atoms with E-state index in [0.29, 0.717) is 35.0 Å². The van der Waals surface area contributed by atoms with Gasteiger partial charge in [0.25, 0.3) is 5.91 Å². The molecule has 160 valence electrons. The average Bonchev–Trinajstić information content (AvgIpc) is 3.35. The number of carbonyl (C=O) groups excluding carboxylic acids is 1. The molecule has 7 heteroatoms. The predicted octanol–water partition coefficient (Wildman–Crippen LogP) is 4.36. The molecule has 0 spiro atoms. The zero-order valence-corrected chi connectivity index (χ0v) is 17.7. The molecule has 0 saturated heterocycles. The minimum atomic E-state index is -1.03. The molecule has 6 nitrogen and oxygen atoms in total. The number of halogens is 1. The molecule has 1 unspecified atom stereocenters. The van der Waals surface area contributed by atoms with Crippen molar-refractivity contribution in [3.8, 4) is 22.6 Å². The van der Waals surface area contributed by atoms with E-state index in [9.17, 15) is 14.3 Å². The molecule has 1 atom stereocenters. The molecule has 31 heavy (non-hydrogen) atoms. The zero-order chi connectivity index (χ0) is 21.9. The lowest BCUT2D eigenvalue weighted by atomic mass is 9.92. The van der Waals surface area contributed by atoms with Crippen molar-refractivity contribution in [1.29, 1.82) is 0 Å². The maximum absolute atomic E-state index is 14.5. The van der Waals surface area contributed by atoms with Gasteiger partial charge in [0.2, 0.25) is 11.8 Å². The Morgan fingerprint density at radius 3 is 2.42 bits per heavy atom. The first-order valence-corrected chi connectivity index (χ1v) is 10.5. The Kier molecular flexibility index (Phi) is 4.48. The monoisotopic (exact) mass is 421 g/mol. The van der Waals surface area contributed by atoms with Crippen LogP contribution >= 0.6 is 0 Å². The quantitative estimate of drug-likeness (QED) is 0.662. The van der Waals surface area contributed by atoms with Gasteiger partial charge in [-0.3, -0.25) is 4.79 Å². The molecule has 2 heterocycles. The van der Waals surface area contributed by atoms with Gasteiger partial charge in [-0.05, 0) is 73.6 Å². The van der Waals surface area contributed by atoms with Gasteiger partial charge >= 0.3 is 0 Å². The predicted molar refractivity (Wildman–Crippen MR) is 113 cm³/mol. The van der Waals surface area contributed by atoms with E-state index < -0.39 is 5.60 Å². The van der Waals surface area contributed by atoms with E-state index in [1.165, 1.54) is 12.1 Å². The lowest BCUT2D eigenvalue weighted by Gasteiger charge is -2.37. The molecule has 0 radical (unpaired) electrons. The Hall–Kier alpha value is -3.06. The van der Waals surface area contributed by atoms with E-state index in [-0.39, 0.29) is 23.7 Å². The highest BCUT2D eigenvalue weighted by atomic mass is 19.1. The van der Waals surface area contributed by atoms with Gasteiger partial charge in [0.1, 0.15) is 5.82 Å². The number of rotatable bonds is 5. The minimum Gasteiger partial charge on any atom is -0.421 e. The lowest BCUT2D eigenvalue weighted by Crippen LogP contribution is -2.51. The minimum absolute atomic E-state index is 0.152. The van der Waals surface area contributed by atoms with Crippen molar-refractivity contribution in [2.24, 2.45) is 5.92 Å². The van der Waals surface area contributed by atoms with Crippen molar-refractivity contribution >= 4 is 5.91 Å². The summed E-state index contributed by atoms with van der Waals surface area (Å²) in [6.45, 7) is 5.52. The van der Waals surface area contributed by atoms with Crippen molar-refractivity contribution in [1.82, 2.24) is 15.1 Å². The molecule has 5 rings (SSSR count). The molecule has 1 saturated carbocycles. The van der Waals surface area contributed by atoms with Crippen LogP contribution in [0.25, 0.3) is 22.6 Å². The molecule has 2 aromatic carbocycles. The number of carbonyl (C=O) groups is 1. The average molecular weight is 421 g/mol. The lowest BCUT2D eigenvalue weighted by molar-refractivity contribution is -0.0224. The number of hydrogen-bond donors (Lipinski definition) is 1. The van der Waals surface area contributed by atoms with Crippen LogP contribution in [-0.4, -0.2) is 37.8 Å². The van der Waals surface area contributed by atoms with Crippen LogP contribution in [0, 0.1) is 18.7 Å². The molecule has 0 bridgehead atoms. The molecule has 1 aliphatic carbocycles. The van der Waals surface area contributed by atoms with Crippen LogP contribution < -0.4 is 0 Å². The van der Waals surface area contributed by atoms with E-state index in [0.717, 1.165) is 24.0 Å². The highest BCUT2D eigenvalue weighted by molar-refractivity contribution is 6.05. The van der Waals surface area contributed by atoms with Gasteiger partial charge in [0.05, 0.1) is 17.2 Å². The van der Waals surface area contributed by atoms with Gasteiger partial charge in [-0.25, -0.2) is 4.39 Å². The van der Waals surface area contributed by atoms with Crippen LogP contribution in [0.15, 0.2) is 40.8 Å². The normalized spacial score (nSPS) is 17.2. The summed E-state index contributed by atoms with van der Waals surface area (Å²) in [5, 5.41) is 18.6. The van der Waals surface area contributed by atoms with Crippen molar-refractivity contribution in [3.05, 3.63) is 59.2 Å². The fraction of sp³-hybridized carbons (Fsp3) is 0.375. The number of aryl methyl sites for hydroxylation is 1. The summed E-state index contributed by atoms with van der Waals surface area (Å²) in [6, 6.07) is 9.85. The van der Waals surface area contributed by atoms with E-state index in [1.54, 1.807) is 25.7 Å². The SMILES string of the molecule is Cc1nnc(-c2ccc(-c3cc(F)cc4c3C(=O)N(C(C3CC3)C(C)(C)O)C4)cc2)o1. The van der Waals surface area contributed by atoms with Crippen LogP contribution in [0.3, 0.4) is 0 Å². The van der Waals surface area contributed by atoms with E-state index in [4.69, 9.17) is 4.42 Å². The van der Waals surface area contributed by atoms with Crippen LogP contribution in [-0.2, 0) is 6.54 Å². The highest BCUT2D eigenvalue weighted by Crippen LogP contribution is 2.44. The molecule has 1 aliphatic heterocycles. The summed E-state index contributed by atoms with van der Waals surface area (Å²) >= 11 is 0. The maximum Gasteiger partial charge on any atom is 0.255 e. The summed E-state index contributed by atoms with van der Waals surface area (Å²) in [6.07, 6.45) is 1.99. The van der Waals surface area contributed by atoms with Crippen LogP contribution in [0.2, 0.25) is 0 Å². The summed E-state index contributed by atoms with van der Waals surface area (Å²) in [7, 11) is 0. The third-order valence-electron chi connectivity index (χ3n) is 6.10. The molecule has 3 aromatic rings. The fourth-order valence-electron chi connectivity index (χ4n) is 4.72. The first-order valence-electron chi connectivity index (χ1n) is 10.5. The summed E-state index contributed by atoms with van der Waals surface area (Å²) in [5.74, 6) is 0.633. The Morgan fingerprint density at radius 2 is 1.84 bits per heavy atom. The van der Waals surface area contributed by atoms with Crippen molar-refractivity contribution < 1.29 is 18.7 Å². The molecule has 1 N–H and O–H groups in total. The molecule has 1 amide bonds. The van der Waals surface area contributed by atoms with E-state index in [2.05, 4.69) is 10.2 Å². The Labute approximate surface area is 179 Å². The van der Waals surface area contributed by atoms with Gasteiger partial charge in [-0.2, -0.15) is 0 Å². The number of aromatic nitrogens is 2. The maximum atomic E-state index is 14.5. The van der Waals surface area contributed by atoms with E-state index in [1.807, 2.05) is 24.3 Å². The third-order valence-corrected chi connectivity index (χ3v) is 6.10. The number of amides is 1. The Morgan fingerprint density at radius 1 is 1.16 bits per heavy atom. The Balaban J connectivity index is 1.53. The standard InChI is InChI=1S/C24H24FN3O3/c1-13-26-27-22(31-13)16-8-4-14(5-9-16)19-11-18(25)10-17-12-28(23(29)20(17)19)21(15-6-7-15)24(2,3)30/h4-5,8-11,15,21,30H,6-7,12H2,1-3H3. The fourth-order valence-corrected chi connectivity index (χ4v) is 4.72. The number of aliphatic hydroxyl groups is 1. The van der Waals surface area contributed by atoms with Crippen LogP contribution in [0.5, 0.6) is 0 Å². The van der Waals surface area contributed by atoms with Crippen molar-refractivity contribution in [2.75, 3.05) is 0 Å². The summed E-state index contributed by atoms with van der Waals surface area (Å²) in [4.78, 5) is 15.2. The molecule has 1 aromatic heterocycles. The van der Waals surface area contributed by atoms with E-state index >= 15 is 0 Å². The molecule has 2 aliphatic rings. The van der Waals surface area contributed by atoms with Gasteiger partial charge in [-0.15, -0.1) is 10.2 Å². The van der Waals surface area contributed by atoms with Crippen molar-refractivity contribution in [2.45, 2.75) is 51.8 Å². The van der Waals surface area contributed by atoms with Gasteiger partial charge in [-0.1, -0.05) is 12.1 Å². The molecule has 1 fully saturated rings. The molecular formula is C24H24FN3O3. The van der Waals surface area contributed by atoms with Crippen LogP contribution in [0.4, 0.5) is 4.39 Å². The third kappa shape index (κ3) is 3.53. The van der Waals surface area contributed by atoms with Gasteiger partial charge in [0.15, 0.2) is 0 Å². The van der Waals surface area contributed by atoms with Crippen LogP contribution in [0.1, 0.15) is 48.5 Å². The second-order valence-corrected chi connectivity index (χ2v) is 9.06. The van der Waals surface area contributed by atoms with Gasteiger partial charge < -0.3 is 14.4 Å². The number of nitrogens with zero attached hydrogens (tertiary/aromatic N) is 3. The topological polar surface area (TPSA) is 79.5 Å².